The van der Waals surface area contributed by atoms with Crippen LogP contribution in [0, 0.1) is 11.6 Å². The summed E-state index contributed by atoms with van der Waals surface area (Å²) in [4.78, 5) is 15.5. The van der Waals surface area contributed by atoms with Crippen molar-refractivity contribution in [2.45, 2.75) is 37.8 Å². The Morgan fingerprint density at radius 3 is 2.52 bits per heavy atom. The van der Waals surface area contributed by atoms with E-state index < -0.39 is 6.10 Å². The highest BCUT2D eigenvalue weighted by Gasteiger charge is 2.29. The summed E-state index contributed by atoms with van der Waals surface area (Å²) in [7, 11) is 0. The predicted octanol–water partition coefficient (Wildman–Crippen LogP) is 3.69. The molecule has 0 radical (unpaired) electrons. The first kappa shape index (κ1) is 17.7. The van der Waals surface area contributed by atoms with Gasteiger partial charge in [-0.25, -0.2) is 8.78 Å². The van der Waals surface area contributed by atoms with Crippen molar-refractivity contribution < 1.29 is 18.7 Å². The Balaban J connectivity index is 1.62. The molecule has 0 aliphatic heterocycles. The van der Waals surface area contributed by atoms with E-state index in [2.05, 4.69) is 10.3 Å². The Labute approximate surface area is 155 Å². The average Bonchev–Trinajstić information content (AvgIpc) is 3.01. The van der Waals surface area contributed by atoms with Gasteiger partial charge in [0, 0.05) is 23.0 Å². The SMILES string of the molecule is O=C(CCc1c(-c2ccc(F)cc2)[nH]c2ccc(F)cc12)N[C@H]1CC[C@@H]1O. The molecule has 3 N–H and O–H groups in total. The summed E-state index contributed by atoms with van der Waals surface area (Å²) in [6.45, 7) is 0. The van der Waals surface area contributed by atoms with Crippen molar-refractivity contribution in [3.63, 3.8) is 0 Å². The number of aliphatic hydroxyl groups is 1. The highest BCUT2D eigenvalue weighted by atomic mass is 19.1. The number of amides is 1. The van der Waals surface area contributed by atoms with Crippen LogP contribution in [0.15, 0.2) is 42.5 Å². The van der Waals surface area contributed by atoms with Gasteiger partial charge in [-0.2, -0.15) is 0 Å². The third-order valence-electron chi connectivity index (χ3n) is 5.19. The molecule has 1 fully saturated rings. The van der Waals surface area contributed by atoms with E-state index in [1.54, 1.807) is 18.2 Å². The number of hydrogen-bond acceptors (Lipinski definition) is 2. The normalized spacial score (nSPS) is 19.1. The molecule has 27 heavy (non-hydrogen) atoms. The molecule has 1 aromatic heterocycles. The summed E-state index contributed by atoms with van der Waals surface area (Å²) < 4.78 is 27.1. The molecule has 1 amide bonds. The zero-order valence-corrected chi connectivity index (χ0v) is 14.6. The van der Waals surface area contributed by atoms with Gasteiger partial charge >= 0.3 is 0 Å². The summed E-state index contributed by atoms with van der Waals surface area (Å²) in [6, 6.07) is 10.4. The number of aromatic nitrogens is 1. The van der Waals surface area contributed by atoms with Crippen molar-refractivity contribution in [3.8, 4) is 11.3 Å². The van der Waals surface area contributed by atoms with Crippen LogP contribution in [0.1, 0.15) is 24.8 Å². The van der Waals surface area contributed by atoms with E-state index in [1.165, 1.54) is 24.3 Å². The van der Waals surface area contributed by atoms with Crippen molar-refractivity contribution in [3.05, 3.63) is 59.7 Å². The van der Waals surface area contributed by atoms with E-state index in [0.717, 1.165) is 28.8 Å². The Morgan fingerprint density at radius 2 is 1.85 bits per heavy atom. The molecule has 3 aromatic rings. The number of rotatable bonds is 5. The van der Waals surface area contributed by atoms with Gasteiger partial charge in [0.15, 0.2) is 0 Å². The predicted molar refractivity (Wildman–Crippen MR) is 99.1 cm³/mol. The van der Waals surface area contributed by atoms with Crippen molar-refractivity contribution >= 4 is 16.8 Å². The molecular formula is C21H20F2N2O2. The maximum absolute atomic E-state index is 13.8. The van der Waals surface area contributed by atoms with Gasteiger partial charge in [0.05, 0.1) is 12.1 Å². The molecular weight excluding hydrogens is 350 g/mol. The maximum atomic E-state index is 13.8. The fourth-order valence-electron chi connectivity index (χ4n) is 3.51. The van der Waals surface area contributed by atoms with Gasteiger partial charge in [-0.15, -0.1) is 0 Å². The number of H-pyrrole nitrogens is 1. The first-order valence-corrected chi connectivity index (χ1v) is 9.05. The van der Waals surface area contributed by atoms with E-state index in [9.17, 15) is 18.7 Å². The number of fused-ring (bicyclic) bond motifs is 1. The molecule has 0 bridgehead atoms. The Morgan fingerprint density at radius 1 is 1.11 bits per heavy atom. The summed E-state index contributed by atoms with van der Waals surface area (Å²) in [6.07, 6.45) is 1.66. The van der Waals surface area contributed by atoms with Gasteiger partial charge in [0.1, 0.15) is 11.6 Å². The fourth-order valence-corrected chi connectivity index (χ4v) is 3.51. The molecule has 0 unspecified atom stereocenters. The fraction of sp³-hybridized carbons (Fsp3) is 0.286. The number of benzene rings is 2. The van der Waals surface area contributed by atoms with Crippen molar-refractivity contribution in [1.29, 1.82) is 0 Å². The van der Waals surface area contributed by atoms with Crippen LogP contribution in [0.25, 0.3) is 22.2 Å². The molecule has 1 saturated carbocycles. The smallest absolute Gasteiger partial charge is 0.220 e. The molecule has 140 valence electrons. The Hall–Kier alpha value is -2.73. The number of halogens is 2. The van der Waals surface area contributed by atoms with Crippen LogP contribution in [0.5, 0.6) is 0 Å². The van der Waals surface area contributed by atoms with E-state index in [0.29, 0.717) is 18.2 Å². The summed E-state index contributed by atoms with van der Waals surface area (Å²) >= 11 is 0. The van der Waals surface area contributed by atoms with E-state index >= 15 is 0 Å². The quantitative estimate of drug-likeness (QED) is 0.641. The van der Waals surface area contributed by atoms with Gasteiger partial charge in [-0.05, 0) is 72.9 Å². The van der Waals surface area contributed by atoms with E-state index in [1.807, 2.05) is 0 Å². The standard InChI is InChI=1S/C21H20F2N2O2/c22-13-3-1-12(2-4-13)21-15(16-11-14(23)5-7-17(16)25-21)6-10-20(27)24-18-8-9-19(18)26/h1-5,7,11,18-19,25-26H,6,8-10H2,(H,24,27)/t18-,19-/m0/s1. The number of nitrogens with one attached hydrogen (secondary N) is 2. The van der Waals surface area contributed by atoms with Crippen LogP contribution < -0.4 is 5.32 Å². The number of carbonyl (C=O) groups is 1. The van der Waals surface area contributed by atoms with Gasteiger partial charge in [0.25, 0.3) is 0 Å². The van der Waals surface area contributed by atoms with Crippen LogP contribution in [-0.4, -0.2) is 28.1 Å². The second kappa shape index (κ2) is 7.12. The first-order chi connectivity index (χ1) is 13.0. The van der Waals surface area contributed by atoms with Crippen LogP contribution in [0.2, 0.25) is 0 Å². The molecule has 2 atom stereocenters. The minimum Gasteiger partial charge on any atom is -0.391 e. The van der Waals surface area contributed by atoms with Crippen molar-refractivity contribution in [2.24, 2.45) is 0 Å². The molecule has 2 aromatic carbocycles. The molecule has 4 nitrogen and oxygen atoms in total. The van der Waals surface area contributed by atoms with Crippen LogP contribution in [-0.2, 0) is 11.2 Å². The number of aryl methyl sites for hydroxylation is 1. The highest BCUT2D eigenvalue weighted by molar-refractivity contribution is 5.91. The first-order valence-electron chi connectivity index (χ1n) is 9.05. The van der Waals surface area contributed by atoms with Crippen molar-refractivity contribution in [1.82, 2.24) is 10.3 Å². The number of hydrogen-bond donors (Lipinski definition) is 3. The zero-order valence-electron chi connectivity index (χ0n) is 14.6. The Bertz CT molecular complexity index is 982. The molecule has 1 aliphatic rings. The van der Waals surface area contributed by atoms with Gasteiger partial charge < -0.3 is 15.4 Å². The van der Waals surface area contributed by atoms with Crippen LogP contribution in [0.4, 0.5) is 8.78 Å². The Kier molecular flexibility index (Phi) is 4.66. The minimum atomic E-state index is -0.467. The maximum Gasteiger partial charge on any atom is 0.220 e. The second-order valence-corrected chi connectivity index (χ2v) is 6.99. The zero-order chi connectivity index (χ0) is 19.0. The molecule has 0 spiro atoms. The molecule has 1 heterocycles. The second-order valence-electron chi connectivity index (χ2n) is 6.99. The molecule has 0 saturated heterocycles. The van der Waals surface area contributed by atoms with Gasteiger partial charge in [-0.1, -0.05) is 0 Å². The molecule has 6 heteroatoms. The lowest BCUT2D eigenvalue weighted by Gasteiger charge is -2.32. The monoisotopic (exact) mass is 370 g/mol. The molecule has 1 aliphatic carbocycles. The number of aliphatic hydroxyl groups excluding tert-OH is 1. The van der Waals surface area contributed by atoms with Gasteiger partial charge in [-0.3, -0.25) is 4.79 Å². The van der Waals surface area contributed by atoms with Gasteiger partial charge in [0.2, 0.25) is 5.91 Å². The molecule has 4 rings (SSSR count). The minimum absolute atomic E-state index is 0.144. The summed E-state index contributed by atoms with van der Waals surface area (Å²) in [5.41, 5.74) is 3.12. The lowest BCUT2D eigenvalue weighted by Crippen LogP contribution is -2.50. The van der Waals surface area contributed by atoms with Crippen molar-refractivity contribution in [2.75, 3.05) is 0 Å². The summed E-state index contributed by atoms with van der Waals surface area (Å²) in [5.74, 6) is -0.828. The largest absolute Gasteiger partial charge is 0.391 e. The third-order valence-corrected chi connectivity index (χ3v) is 5.19. The van der Waals surface area contributed by atoms with Crippen LogP contribution in [0.3, 0.4) is 0 Å². The van der Waals surface area contributed by atoms with E-state index in [4.69, 9.17) is 0 Å². The summed E-state index contributed by atoms with van der Waals surface area (Å²) in [5, 5.41) is 13.1. The highest BCUT2D eigenvalue weighted by Crippen LogP contribution is 2.32. The van der Waals surface area contributed by atoms with E-state index in [-0.39, 0.29) is 30.0 Å². The van der Waals surface area contributed by atoms with Crippen LogP contribution >= 0.6 is 0 Å². The lowest BCUT2D eigenvalue weighted by atomic mass is 9.89. The average molecular weight is 370 g/mol. The third kappa shape index (κ3) is 3.57. The lowest BCUT2D eigenvalue weighted by molar-refractivity contribution is -0.123. The topological polar surface area (TPSA) is 65.1 Å². The number of aromatic amines is 1. The number of carbonyl (C=O) groups excluding carboxylic acids is 1.